The van der Waals surface area contributed by atoms with Crippen LogP contribution in [-0.4, -0.2) is 51.9 Å². The fourth-order valence-corrected chi connectivity index (χ4v) is 4.19. The van der Waals surface area contributed by atoms with Crippen LogP contribution in [0.2, 0.25) is 0 Å². The molecule has 0 aliphatic carbocycles. The van der Waals surface area contributed by atoms with Gasteiger partial charge in [-0.1, -0.05) is 12.1 Å². The van der Waals surface area contributed by atoms with Gasteiger partial charge in [-0.05, 0) is 60.0 Å². The Morgan fingerprint density at radius 3 is 2.27 bits per heavy atom. The van der Waals surface area contributed by atoms with Crippen molar-refractivity contribution in [2.75, 3.05) is 31.1 Å². The molecule has 0 atom stereocenters. The summed E-state index contributed by atoms with van der Waals surface area (Å²) < 4.78 is 26.3. The van der Waals surface area contributed by atoms with E-state index in [4.69, 9.17) is 0 Å². The Labute approximate surface area is 189 Å². The Kier molecular flexibility index (Phi) is 5.73. The van der Waals surface area contributed by atoms with Crippen LogP contribution in [0.15, 0.2) is 60.9 Å². The second kappa shape index (κ2) is 8.97. The molecular formula is C25H23F2N5O. The van der Waals surface area contributed by atoms with Crippen molar-refractivity contribution >= 4 is 22.8 Å². The molecule has 0 radical (unpaired) electrons. The lowest BCUT2D eigenvalue weighted by Crippen LogP contribution is -2.49. The van der Waals surface area contributed by atoms with E-state index >= 15 is 0 Å². The molecule has 4 aromatic rings. The molecule has 0 spiro atoms. The number of hydrogen-bond donors (Lipinski definition) is 1. The number of H-pyrrole nitrogens is 1. The summed E-state index contributed by atoms with van der Waals surface area (Å²) in [6.07, 6.45) is 2.53. The zero-order valence-electron chi connectivity index (χ0n) is 18.0. The Balaban J connectivity index is 1.25. The minimum atomic E-state index is -0.277. The molecule has 0 bridgehead atoms. The summed E-state index contributed by atoms with van der Waals surface area (Å²) in [5.41, 5.74) is 3.39. The largest absolute Gasteiger partial charge is 0.352 e. The highest BCUT2D eigenvalue weighted by atomic mass is 19.1. The molecule has 0 unspecified atom stereocenters. The number of amides is 1. The first kappa shape index (κ1) is 21.1. The van der Waals surface area contributed by atoms with Gasteiger partial charge in [0, 0.05) is 38.3 Å². The molecule has 2 aromatic heterocycles. The summed E-state index contributed by atoms with van der Waals surface area (Å²) in [7, 11) is 0. The molecule has 1 aliphatic rings. The van der Waals surface area contributed by atoms with E-state index < -0.39 is 0 Å². The van der Waals surface area contributed by atoms with Gasteiger partial charge in [-0.25, -0.2) is 18.7 Å². The average Bonchev–Trinajstić information content (AvgIpc) is 3.28. The van der Waals surface area contributed by atoms with Crippen molar-refractivity contribution in [2.45, 2.75) is 12.8 Å². The van der Waals surface area contributed by atoms with Crippen LogP contribution < -0.4 is 4.90 Å². The molecule has 8 heteroatoms. The Hall–Kier alpha value is -3.81. The molecular weight excluding hydrogens is 424 g/mol. The number of fused-ring (bicyclic) bond motifs is 1. The lowest BCUT2D eigenvalue weighted by molar-refractivity contribution is -0.131. The topological polar surface area (TPSA) is 65.1 Å². The number of carbonyl (C=O) groups excluding carboxylic acids is 1. The molecule has 1 saturated heterocycles. The van der Waals surface area contributed by atoms with Crippen molar-refractivity contribution in [1.82, 2.24) is 19.9 Å². The summed E-state index contributed by atoms with van der Waals surface area (Å²) in [5, 5.41) is 0.896. The number of nitrogens with zero attached hydrogens (tertiary/aromatic N) is 4. The average molecular weight is 447 g/mol. The van der Waals surface area contributed by atoms with E-state index in [1.165, 1.54) is 30.6 Å². The van der Waals surface area contributed by atoms with E-state index in [1.54, 1.807) is 24.3 Å². The number of piperazine rings is 1. The van der Waals surface area contributed by atoms with Crippen LogP contribution >= 0.6 is 0 Å². The SMILES string of the molecule is O=C(CCc1ccc(F)cc1)N1CCN(c2ncnc3[nH]c(-c4ccc(F)cc4)cc23)CC1. The van der Waals surface area contributed by atoms with Gasteiger partial charge in [-0.15, -0.1) is 0 Å². The number of aryl methyl sites for hydroxylation is 1. The first-order valence-electron chi connectivity index (χ1n) is 10.9. The van der Waals surface area contributed by atoms with Crippen LogP contribution in [0.4, 0.5) is 14.6 Å². The third-order valence-electron chi connectivity index (χ3n) is 6.03. The number of anilines is 1. The quantitative estimate of drug-likeness (QED) is 0.498. The van der Waals surface area contributed by atoms with Crippen molar-refractivity contribution in [3.63, 3.8) is 0 Å². The van der Waals surface area contributed by atoms with Crippen LogP contribution in [-0.2, 0) is 11.2 Å². The number of carbonyl (C=O) groups is 1. The normalized spacial score (nSPS) is 14.1. The fraction of sp³-hybridized carbons (Fsp3) is 0.240. The molecule has 2 aromatic carbocycles. The zero-order chi connectivity index (χ0) is 22.8. The third-order valence-corrected chi connectivity index (χ3v) is 6.03. The summed E-state index contributed by atoms with van der Waals surface area (Å²) in [5.74, 6) is 0.378. The van der Waals surface area contributed by atoms with Crippen molar-refractivity contribution in [2.24, 2.45) is 0 Å². The number of aromatic nitrogens is 3. The van der Waals surface area contributed by atoms with E-state index in [0.717, 1.165) is 33.7 Å². The van der Waals surface area contributed by atoms with Gasteiger partial charge < -0.3 is 14.8 Å². The molecule has 1 N–H and O–H groups in total. The van der Waals surface area contributed by atoms with Gasteiger partial charge in [0.2, 0.25) is 5.91 Å². The zero-order valence-corrected chi connectivity index (χ0v) is 18.0. The molecule has 3 heterocycles. The predicted octanol–water partition coefficient (Wildman–Crippen LogP) is 4.18. The summed E-state index contributed by atoms with van der Waals surface area (Å²) in [6.45, 7) is 2.57. The first-order chi connectivity index (χ1) is 16.1. The van der Waals surface area contributed by atoms with E-state index in [1.807, 2.05) is 11.0 Å². The van der Waals surface area contributed by atoms with E-state index in [0.29, 0.717) is 39.0 Å². The number of aromatic amines is 1. The van der Waals surface area contributed by atoms with Gasteiger partial charge >= 0.3 is 0 Å². The number of nitrogens with one attached hydrogen (secondary N) is 1. The molecule has 5 rings (SSSR count). The smallest absolute Gasteiger partial charge is 0.223 e. The highest BCUT2D eigenvalue weighted by Crippen LogP contribution is 2.29. The number of halogens is 2. The van der Waals surface area contributed by atoms with E-state index in [-0.39, 0.29) is 17.5 Å². The highest BCUT2D eigenvalue weighted by molar-refractivity contribution is 5.92. The van der Waals surface area contributed by atoms with Gasteiger partial charge in [-0.2, -0.15) is 0 Å². The summed E-state index contributed by atoms with van der Waals surface area (Å²) >= 11 is 0. The molecule has 1 amide bonds. The molecule has 168 valence electrons. The Morgan fingerprint density at radius 1 is 0.909 bits per heavy atom. The van der Waals surface area contributed by atoms with Crippen molar-refractivity contribution in [3.8, 4) is 11.3 Å². The Bertz CT molecular complexity index is 1260. The molecule has 6 nitrogen and oxygen atoms in total. The van der Waals surface area contributed by atoms with Gasteiger partial charge in [0.15, 0.2) is 0 Å². The molecule has 1 fully saturated rings. The number of rotatable bonds is 5. The highest BCUT2D eigenvalue weighted by Gasteiger charge is 2.23. The van der Waals surface area contributed by atoms with E-state index in [9.17, 15) is 13.6 Å². The molecule has 0 saturated carbocycles. The molecule has 33 heavy (non-hydrogen) atoms. The van der Waals surface area contributed by atoms with Crippen LogP contribution in [0.25, 0.3) is 22.3 Å². The van der Waals surface area contributed by atoms with Crippen LogP contribution in [0.1, 0.15) is 12.0 Å². The van der Waals surface area contributed by atoms with Gasteiger partial charge in [0.05, 0.1) is 5.39 Å². The van der Waals surface area contributed by atoms with Crippen LogP contribution in [0.5, 0.6) is 0 Å². The maximum atomic E-state index is 13.3. The molecule has 1 aliphatic heterocycles. The van der Waals surface area contributed by atoms with Crippen LogP contribution in [0, 0.1) is 11.6 Å². The van der Waals surface area contributed by atoms with Crippen molar-refractivity contribution in [3.05, 3.63) is 78.1 Å². The number of benzene rings is 2. The van der Waals surface area contributed by atoms with Gasteiger partial charge in [0.25, 0.3) is 0 Å². The lowest BCUT2D eigenvalue weighted by atomic mass is 10.1. The summed E-state index contributed by atoms with van der Waals surface area (Å²) in [4.78, 5) is 28.8. The second-order valence-electron chi connectivity index (χ2n) is 8.14. The minimum absolute atomic E-state index is 0.104. The van der Waals surface area contributed by atoms with E-state index in [2.05, 4.69) is 19.9 Å². The standard InChI is InChI=1S/C25H23F2N5O/c26-19-6-1-17(2-7-19)3-10-23(33)31-11-13-32(14-12-31)25-21-15-22(30-24(21)28-16-29-25)18-4-8-20(27)9-5-18/h1-2,4-9,15-16H,3,10-14H2,(H,28,29,30). The fourth-order valence-electron chi connectivity index (χ4n) is 4.19. The third kappa shape index (κ3) is 4.55. The maximum Gasteiger partial charge on any atom is 0.223 e. The monoisotopic (exact) mass is 447 g/mol. The first-order valence-corrected chi connectivity index (χ1v) is 10.9. The van der Waals surface area contributed by atoms with Crippen molar-refractivity contribution in [1.29, 1.82) is 0 Å². The number of hydrogen-bond acceptors (Lipinski definition) is 4. The van der Waals surface area contributed by atoms with Gasteiger partial charge in [0.1, 0.15) is 29.4 Å². The minimum Gasteiger partial charge on any atom is -0.352 e. The predicted molar refractivity (Wildman–Crippen MR) is 123 cm³/mol. The van der Waals surface area contributed by atoms with Gasteiger partial charge in [-0.3, -0.25) is 4.79 Å². The van der Waals surface area contributed by atoms with Crippen molar-refractivity contribution < 1.29 is 13.6 Å². The maximum absolute atomic E-state index is 13.3. The Morgan fingerprint density at radius 2 is 1.58 bits per heavy atom. The second-order valence-corrected chi connectivity index (χ2v) is 8.14. The lowest BCUT2D eigenvalue weighted by Gasteiger charge is -2.35. The van der Waals surface area contributed by atoms with Crippen LogP contribution in [0.3, 0.4) is 0 Å². The summed E-state index contributed by atoms with van der Waals surface area (Å²) in [6, 6.07) is 14.6.